The third kappa shape index (κ3) is 4.47. The standard InChI is InChI=1S/C27H25ClN2O4/c1-33-22-8-5-18(6-9-22)23-15-19-7-10-25(31)24(26(19)34-27(23)32)17-29-11-13-30(14-12-29)21-4-2-3-20(28)16-21/h2-10,15-16,31H,11-14,17H2,1H3. The van der Waals surface area contributed by atoms with E-state index in [1.54, 1.807) is 19.2 Å². The first-order valence-corrected chi connectivity index (χ1v) is 11.6. The number of hydrogen-bond donors (Lipinski definition) is 1. The third-order valence-electron chi connectivity index (χ3n) is 6.31. The van der Waals surface area contributed by atoms with E-state index in [1.807, 2.05) is 48.5 Å². The molecule has 0 aliphatic carbocycles. The molecule has 0 amide bonds. The molecule has 1 saturated heterocycles. The summed E-state index contributed by atoms with van der Waals surface area (Å²) >= 11 is 6.14. The van der Waals surface area contributed by atoms with Crippen LogP contribution in [0, 0.1) is 0 Å². The van der Waals surface area contributed by atoms with Gasteiger partial charge < -0.3 is 19.2 Å². The summed E-state index contributed by atoms with van der Waals surface area (Å²) in [4.78, 5) is 17.4. The number of hydrogen-bond acceptors (Lipinski definition) is 6. The number of phenolic OH excluding ortho intramolecular Hbond substituents is 1. The molecule has 0 bridgehead atoms. The Balaban J connectivity index is 1.38. The number of fused-ring (bicyclic) bond motifs is 1. The third-order valence-corrected chi connectivity index (χ3v) is 6.54. The monoisotopic (exact) mass is 476 g/mol. The lowest BCUT2D eigenvalue weighted by Gasteiger charge is -2.36. The van der Waals surface area contributed by atoms with Crippen LogP contribution in [0.2, 0.25) is 5.02 Å². The van der Waals surface area contributed by atoms with Crippen molar-refractivity contribution in [1.29, 1.82) is 0 Å². The van der Waals surface area contributed by atoms with Crippen LogP contribution in [-0.2, 0) is 6.54 Å². The van der Waals surface area contributed by atoms with E-state index in [2.05, 4.69) is 15.9 Å². The normalized spacial score (nSPS) is 14.5. The van der Waals surface area contributed by atoms with Gasteiger partial charge in [0.1, 0.15) is 17.1 Å². The number of rotatable bonds is 5. The number of phenols is 1. The molecule has 3 aromatic carbocycles. The fourth-order valence-electron chi connectivity index (χ4n) is 4.42. The van der Waals surface area contributed by atoms with Gasteiger partial charge in [-0.1, -0.05) is 29.8 Å². The number of piperazine rings is 1. The molecule has 1 aliphatic heterocycles. The molecule has 1 fully saturated rings. The van der Waals surface area contributed by atoms with Crippen LogP contribution in [0.15, 0.2) is 75.9 Å². The van der Waals surface area contributed by atoms with E-state index >= 15 is 0 Å². The van der Waals surface area contributed by atoms with Crippen molar-refractivity contribution >= 4 is 28.3 Å². The van der Waals surface area contributed by atoms with Crippen molar-refractivity contribution in [3.05, 3.63) is 87.7 Å². The van der Waals surface area contributed by atoms with Gasteiger partial charge in [-0.25, -0.2) is 4.79 Å². The van der Waals surface area contributed by atoms with Crippen molar-refractivity contribution in [3.63, 3.8) is 0 Å². The van der Waals surface area contributed by atoms with E-state index in [-0.39, 0.29) is 5.75 Å². The lowest BCUT2D eigenvalue weighted by molar-refractivity contribution is 0.246. The molecule has 1 aromatic heterocycles. The molecule has 0 radical (unpaired) electrons. The number of ether oxygens (including phenoxy) is 1. The lowest BCUT2D eigenvalue weighted by atomic mass is 10.0. The summed E-state index contributed by atoms with van der Waals surface area (Å²) in [6, 6.07) is 20.4. The number of anilines is 1. The number of benzene rings is 3. The summed E-state index contributed by atoms with van der Waals surface area (Å²) in [5.41, 5.74) is 2.96. The highest BCUT2D eigenvalue weighted by Crippen LogP contribution is 2.31. The van der Waals surface area contributed by atoms with Crippen LogP contribution in [0.5, 0.6) is 11.5 Å². The largest absolute Gasteiger partial charge is 0.507 e. The second-order valence-electron chi connectivity index (χ2n) is 8.40. The summed E-state index contributed by atoms with van der Waals surface area (Å²) in [7, 11) is 1.60. The van der Waals surface area contributed by atoms with Gasteiger partial charge in [-0.15, -0.1) is 0 Å². The molecule has 5 rings (SSSR count). The zero-order valence-electron chi connectivity index (χ0n) is 18.8. The Morgan fingerprint density at radius 3 is 2.47 bits per heavy atom. The molecule has 0 unspecified atom stereocenters. The highest BCUT2D eigenvalue weighted by Gasteiger charge is 2.21. The Kier molecular flexibility index (Phi) is 6.18. The predicted molar refractivity (Wildman–Crippen MR) is 135 cm³/mol. The maximum atomic E-state index is 12.9. The van der Waals surface area contributed by atoms with Gasteiger partial charge in [-0.3, -0.25) is 4.90 Å². The summed E-state index contributed by atoms with van der Waals surface area (Å²) < 4.78 is 11.0. The van der Waals surface area contributed by atoms with Crippen molar-refractivity contribution in [3.8, 4) is 22.6 Å². The number of nitrogens with zero attached hydrogens (tertiary/aromatic N) is 2. The number of aromatic hydroxyl groups is 1. The average Bonchev–Trinajstić information content (AvgIpc) is 2.86. The van der Waals surface area contributed by atoms with Gasteiger partial charge in [0, 0.05) is 48.8 Å². The Morgan fingerprint density at radius 1 is 1.00 bits per heavy atom. The van der Waals surface area contributed by atoms with Crippen LogP contribution in [0.25, 0.3) is 22.1 Å². The fourth-order valence-corrected chi connectivity index (χ4v) is 4.60. The van der Waals surface area contributed by atoms with E-state index in [0.717, 1.165) is 53.6 Å². The molecule has 1 N–H and O–H groups in total. The zero-order chi connectivity index (χ0) is 23.7. The molecule has 0 spiro atoms. The maximum Gasteiger partial charge on any atom is 0.344 e. The van der Waals surface area contributed by atoms with Gasteiger partial charge in [-0.05, 0) is 54.1 Å². The summed E-state index contributed by atoms with van der Waals surface area (Å²) in [5, 5.41) is 12.1. The van der Waals surface area contributed by atoms with Crippen LogP contribution in [-0.4, -0.2) is 43.3 Å². The van der Waals surface area contributed by atoms with Crippen molar-refractivity contribution < 1.29 is 14.3 Å². The molecule has 34 heavy (non-hydrogen) atoms. The molecule has 0 atom stereocenters. The van der Waals surface area contributed by atoms with E-state index < -0.39 is 5.63 Å². The first-order valence-electron chi connectivity index (χ1n) is 11.2. The van der Waals surface area contributed by atoms with Crippen molar-refractivity contribution in [2.24, 2.45) is 0 Å². The van der Waals surface area contributed by atoms with Gasteiger partial charge in [0.2, 0.25) is 0 Å². The molecule has 7 heteroatoms. The fraction of sp³-hybridized carbons (Fsp3) is 0.222. The highest BCUT2D eigenvalue weighted by atomic mass is 35.5. The Bertz CT molecular complexity index is 1380. The van der Waals surface area contributed by atoms with E-state index in [9.17, 15) is 9.90 Å². The minimum atomic E-state index is -0.435. The Morgan fingerprint density at radius 2 is 1.76 bits per heavy atom. The molecule has 0 saturated carbocycles. The molecule has 4 aromatic rings. The van der Waals surface area contributed by atoms with Crippen LogP contribution in [0.1, 0.15) is 5.56 Å². The number of methoxy groups -OCH3 is 1. The van der Waals surface area contributed by atoms with Gasteiger partial charge >= 0.3 is 5.63 Å². The van der Waals surface area contributed by atoms with Crippen LogP contribution >= 0.6 is 11.6 Å². The van der Waals surface area contributed by atoms with Crippen molar-refractivity contribution in [2.45, 2.75) is 6.54 Å². The first-order chi connectivity index (χ1) is 16.5. The van der Waals surface area contributed by atoms with Crippen molar-refractivity contribution in [2.75, 3.05) is 38.2 Å². The highest BCUT2D eigenvalue weighted by molar-refractivity contribution is 6.30. The number of halogens is 1. The van der Waals surface area contributed by atoms with Gasteiger partial charge in [0.25, 0.3) is 0 Å². The second-order valence-corrected chi connectivity index (χ2v) is 8.84. The minimum Gasteiger partial charge on any atom is -0.507 e. The van der Waals surface area contributed by atoms with E-state index in [4.69, 9.17) is 20.8 Å². The summed E-state index contributed by atoms with van der Waals surface area (Å²) in [5.74, 6) is 0.849. The SMILES string of the molecule is COc1ccc(-c2cc3ccc(O)c(CN4CCN(c5cccc(Cl)c5)CC4)c3oc2=O)cc1. The topological polar surface area (TPSA) is 66.2 Å². The predicted octanol–water partition coefficient (Wildman–Crippen LogP) is 5.15. The first kappa shape index (κ1) is 22.3. The molecule has 6 nitrogen and oxygen atoms in total. The van der Waals surface area contributed by atoms with Gasteiger partial charge in [0.15, 0.2) is 0 Å². The van der Waals surface area contributed by atoms with E-state index in [0.29, 0.717) is 23.3 Å². The smallest absolute Gasteiger partial charge is 0.344 e. The van der Waals surface area contributed by atoms with E-state index in [1.165, 1.54) is 0 Å². The average molecular weight is 477 g/mol. The molecule has 2 heterocycles. The minimum absolute atomic E-state index is 0.130. The molecular weight excluding hydrogens is 452 g/mol. The Labute approximate surface area is 202 Å². The zero-order valence-corrected chi connectivity index (χ0v) is 19.6. The lowest BCUT2D eigenvalue weighted by Crippen LogP contribution is -2.46. The summed E-state index contributed by atoms with van der Waals surface area (Å²) in [6.45, 7) is 3.82. The molecule has 1 aliphatic rings. The molecule has 174 valence electrons. The van der Waals surface area contributed by atoms with Gasteiger partial charge in [0.05, 0.1) is 18.2 Å². The van der Waals surface area contributed by atoms with Crippen LogP contribution in [0.4, 0.5) is 5.69 Å². The van der Waals surface area contributed by atoms with Crippen LogP contribution in [0.3, 0.4) is 0 Å². The van der Waals surface area contributed by atoms with Crippen LogP contribution < -0.4 is 15.3 Å². The van der Waals surface area contributed by atoms with Crippen molar-refractivity contribution in [1.82, 2.24) is 4.90 Å². The molecular formula is C27H25ClN2O4. The van der Waals surface area contributed by atoms with Gasteiger partial charge in [-0.2, -0.15) is 0 Å². The Hall–Kier alpha value is -3.48. The maximum absolute atomic E-state index is 12.9. The second kappa shape index (κ2) is 9.41. The summed E-state index contributed by atoms with van der Waals surface area (Å²) in [6.07, 6.45) is 0. The quantitative estimate of drug-likeness (QED) is 0.402.